The van der Waals surface area contributed by atoms with E-state index in [2.05, 4.69) is 24.1 Å². The summed E-state index contributed by atoms with van der Waals surface area (Å²) in [5.74, 6) is -0.139. The fourth-order valence-corrected chi connectivity index (χ4v) is 2.35. The Balaban J connectivity index is 4.72. The molecule has 20 heavy (non-hydrogen) atoms. The number of nitrogens with one attached hydrogen (secondary N) is 1. The topological polar surface area (TPSA) is 41.6 Å². The maximum atomic E-state index is 12.2. The van der Waals surface area contributed by atoms with Gasteiger partial charge in [0.1, 0.15) is 5.54 Å². The third-order valence-corrected chi connectivity index (χ3v) is 3.49. The van der Waals surface area contributed by atoms with Crippen LogP contribution in [0.5, 0.6) is 0 Å². The molecule has 4 nitrogen and oxygen atoms in total. The molecule has 0 saturated heterocycles. The molecule has 1 N–H and O–H groups in total. The first-order valence-corrected chi connectivity index (χ1v) is 8.18. The van der Waals surface area contributed by atoms with E-state index in [0.717, 1.165) is 26.2 Å². The highest BCUT2D eigenvalue weighted by molar-refractivity contribution is 5.80. The van der Waals surface area contributed by atoms with Crippen LogP contribution in [0.25, 0.3) is 0 Å². The van der Waals surface area contributed by atoms with Gasteiger partial charge in [-0.2, -0.15) is 0 Å². The number of esters is 1. The molecule has 0 aliphatic carbocycles. The van der Waals surface area contributed by atoms with Gasteiger partial charge >= 0.3 is 5.97 Å². The molecule has 0 heterocycles. The maximum Gasteiger partial charge on any atom is 0.327 e. The molecule has 0 aliphatic heterocycles. The second-order valence-corrected chi connectivity index (χ2v) is 5.57. The van der Waals surface area contributed by atoms with Gasteiger partial charge in [-0.25, -0.2) is 0 Å². The van der Waals surface area contributed by atoms with Crippen molar-refractivity contribution in [1.29, 1.82) is 0 Å². The van der Waals surface area contributed by atoms with Gasteiger partial charge in [0, 0.05) is 6.54 Å². The third-order valence-electron chi connectivity index (χ3n) is 3.49. The summed E-state index contributed by atoms with van der Waals surface area (Å²) in [6.45, 7) is 14.3. The van der Waals surface area contributed by atoms with Gasteiger partial charge in [0.25, 0.3) is 0 Å². The molecule has 120 valence electrons. The molecule has 0 rings (SSSR count). The first kappa shape index (κ1) is 19.4. The van der Waals surface area contributed by atoms with E-state index in [9.17, 15) is 4.79 Å². The highest BCUT2D eigenvalue weighted by atomic mass is 16.5. The fourth-order valence-electron chi connectivity index (χ4n) is 2.35. The molecule has 0 radical (unpaired) electrons. The van der Waals surface area contributed by atoms with Gasteiger partial charge in [-0.3, -0.25) is 4.79 Å². The van der Waals surface area contributed by atoms with Gasteiger partial charge in [0.15, 0.2) is 0 Å². The molecule has 1 unspecified atom stereocenters. The van der Waals surface area contributed by atoms with E-state index in [1.807, 2.05) is 20.8 Å². The minimum absolute atomic E-state index is 0.139. The van der Waals surface area contributed by atoms with Crippen LogP contribution in [-0.2, 0) is 9.53 Å². The van der Waals surface area contributed by atoms with Crippen LogP contribution in [0, 0.1) is 0 Å². The van der Waals surface area contributed by atoms with Crippen LogP contribution in [0.15, 0.2) is 0 Å². The van der Waals surface area contributed by atoms with Crippen molar-refractivity contribution in [2.24, 2.45) is 0 Å². The van der Waals surface area contributed by atoms with Gasteiger partial charge in [-0.05, 0) is 46.3 Å². The SMILES string of the molecule is CCCCN(CCCC)CC(C)(NCC)C(=O)OCC. The van der Waals surface area contributed by atoms with Gasteiger partial charge in [0.2, 0.25) is 0 Å². The van der Waals surface area contributed by atoms with Crippen molar-refractivity contribution in [3.8, 4) is 0 Å². The van der Waals surface area contributed by atoms with E-state index in [0.29, 0.717) is 6.61 Å². The number of carbonyl (C=O) groups excluding carboxylic acids is 1. The van der Waals surface area contributed by atoms with E-state index in [1.54, 1.807) is 0 Å². The first-order chi connectivity index (χ1) is 9.53. The molecule has 0 aromatic carbocycles. The second kappa shape index (κ2) is 11.1. The van der Waals surface area contributed by atoms with Crippen molar-refractivity contribution in [2.75, 3.05) is 32.8 Å². The van der Waals surface area contributed by atoms with Crippen LogP contribution in [0.4, 0.5) is 0 Å². The summed E-state index contributed by atoms with van der Waals surface area (Å²) in [5, 5.41) is 3.31. The number of likely N-dealkylation sites (N-methyl/N-ethyl adjacent to an activating group) is 1. The van der Waals surface area contributed by atoms with Crippen LogP contribution in [0.1, 0.15) is 60.3 Å². The molecule has 1 atom stereocenters. The molecule has 0 aromatic rings. The van der Waals surface area contributed by atoms with Crippen LogP contribution >= 0.6 is 0 Å². The number of hydrogen-bond acceptors (Lipinski definition) is 4. The molecule has 0 amide bonds. The Morgan fingerprint density at radius 3 is 2.05 bits per heavy atom. The largest absolute Gasteiger partial charge is 0.465 e. The van der Waals surface area contributed by atoms with Crippen LogP contribution in [0.2, 0.25) is 0 Å². The zero-order chi connectivity index (χ0) is 15.4. The van der Waals surface area contributed by atoms with E-state index in [1.165, 1.54) is 25.7 Å². The van der Waals surface area contributed by atoms with E-state index < -0.39 is 5.54 Å². The normalized spacial score (nSPS) is 14.3. The summed E-state index contributed by atoms with van der Waals surface area (Å²) in [4.78, 5) is 14.6. The Bertz CT molecular complexity index is 251. The monoisotopic (exact) mass is 286 g/mol. The minimum atomic E-state index is -0.605. The molecule has 4 heteroatoms. The van der Waals surface area contributed by atoms with Crippen LogP contribution in [0.3, 0.4) is 0 Å². The predicted molar refractivity (Wildman–Crippen MR) is 85.0 cm³/mol. The molecule has 0 saturated carbocycles. The molecule has 0 fully saturated rings. The summed E-state index contributed by atoms with van der Waals surface area (Å²) in [6.07, 6.45) is 4.71. The third kappa shape index (κ3) is 7.25. The second-order valence-electron chi connectivity index (χ2n) is 5.57. The maximum absolute atomic E-state index is 12.2. The molecule has 0 aromatic heterocycles. The Kier molecular flexibility index (Phi) is 10.8. The van der Waals surface area contributed by atoms with Crippen molar-refractivity contribution < 1.29 is 9.53 Å². The van der Waals surface area contributed by atoms with Crippen molar-refractivity contribution in [1.82, 2.24) is 10.2 Å². The van der Waals surface area contributed by atoms with Crippen molar-refractivity contribution in [2.45, 2.75) is 65.8 Å². The average molecular weight is 286 g/mol. The predicted octanol–water partition coefficient (Wildman–Crippen LogP) is 2.82. The van der Waals surface area contributed by atoms with Crippen molar-refractivity contribution in [3.05, 3.63) is 0 Å². The van der Waals surface area contributed by atoms with Gasteiger partial charge in [0.05, 0.1) is 6.61 Å². The number of rotatable bonds is 12. The zero-order valence-electron chi connectivity index (χ0n) is 14.1. The highest BCUT2D eigenvalue weighted by Gasteiger charge is 2.35. The summed E-state index contributed by atoms with van der Waals surface area (Å²) in [5.41, 5.74) is -0.605. The molecule has 0 spiro atoms. The van der Waals surface area contributed by atoms with Gasteiger partial charge in [-0.1, -0.05) is 33.6 Å². The lowest BCUT2D eigenvalue weighted by molar-refractivity contribution is -0.151. The number of carbonyl (C=O) groups is 1. The Labute approximate surface area is 125 Å². The number of nitrogens with zero attached hydrogens (tertiary/aromatic N) is 1. The minimum Gasteiger partial charge on any atom is -0.465 e. The van der Waals surface area contributed by atoms with E-state index in [4.69, 9.17) is 4.74 Å². The molecular formula is C16H34N2O2. The number of hydrogen-bond donors (Lipinski definition) is 1. The first-order valence-electron chi connectivity index (χ1n) is 8.18. The Morgan fingerprint density at radius 2 is 1.65 bits per heavy atom. The summed E-state index contributed by atoms with van der Waals surface area (Å²) >= 11 is 0. The van der Waals surface area contributed by atoms with Crippen molar-refractivity contribution >= 4 is 5.97 Å². The zero-order valence-corrected chi connectivity index (χ0v) is 14.1. The smallest absolute Gasteiger partial charge is 0.327 e. The summed E-state index contributed by atoms with van der Waals surface area (Å²) in [7, 11) is 0. The molecule has 0 bridgehead atoms. The molecule has 0 aliphatic rings. The van der Waals surface area contributed by atoms with E-state index in [-0.39, 0.29) is 5.97 Å². The summed E-state index contributed by atoms with van der Waals surface area (Å²) < 4.78 is 5.24. The van der Waals surface area contributed by atoms with Gasteiger partial charge in [-0.15, -0.1) is 0 Å². The van der Waals surface area contributed by atoms with Crippen LogP contribution < -0.4 is 5.32 Å². The average Bonchev–Trinajstić information content (AvgIpc) is 2.42. The Hall–Kier alpha value is -0.610. The quantitative estimate of drug-likeness (QED) is 0.560. The summed E-state index contributed by atoms with van der Waals surface area (Å²) in [6, 6.07) is 0. The van der Waals surface area contributed by atoms with Gasteiger partial charge < -0.3 is 15.0 Å². The van der Waals surface area contributed by atoms with E-state index >= 15 is 0 Å². The molecular weight excluding hydrogens is 252 g/mol. The Morgan fingerprint density at radius 1 is 1.10 bits per heavy atom. The number of ether oxygens (including phenoxy) is 1. The van der Waals surface area contributed by atoms with Crippen molar-refractivity contribution in [3.63, 3.8) is 0 Å². The lowest BCUT2D eigenvalue weighted by Gasteiger charge is -2.34. The van der Waals surface area contributed by atoms with Crippen LogP contribution in [-0.4, -0.2) is 49.2 Å². The lowest BCUT2D eigenvalue weighted by atomic mass is 10.0. The fraction of sp³-hybridized carbons (Fsp3) is 0.938. The number of unbranched alkanes of at least 4 members (excludes halogenated alkanes) is 2. The highest BCUT2D eigenvalue weighted by Crippen LogP contribution is 2.12. The lowest BCUT2D eigenvalue weighted by Crippen LogP contribution is -2.57. The standard InChI is InChI=1S/C16H34N2O2/c1-6-10-12-18(13-11-7-2)14-16(5,17-8-3)15(19)20-9-4/h17H,6-14H2,1-5H3.